The summed E-state index contributed by atoms with van der Waals surface area (Å²) in [4.78, 5) is 20.6. The molecule has 1 unspecified atom stereocenters. The number of hydrogen-bond acceptors (Lipinski definition) is 3. The van der Waals surface area contributed by atoms with Crippen LogP contribution in [0.3, 0.4) is 0 Å². The van der Waals surface area contributed by atoms with Crippen molar-refractivity contribution in [2.45, 2.75) is 51.6 Å². The van der Waals surface area contributed by atoms with Crippen LogP contribution in [0.4, 0.5) is 0 Å². The summed E-state index contributed by atoms with van der Waals surface area (Å²) in [6.45, 7) is 6.04. The number of rotatable bonds is 6. The minimum absolute atomic E-state index is 0. The van der Waals surface area contributed by atoms with Crippen molar-refractivity contribution in [2.24, 2.45) is 16.6 Å². The number of nitrogens with one attached hydrogen (secondary N) is 1. The number of benzene rings is 1. The fourth-order valence-electron chi connectivity index (χ4n) is 4.46. The maximum absolute atomic E-state index is 11.3. The predicted octanol–water partition coefficient (Wildman–Crippen LogP) is 2.95. The van der Waals surface area contributed by atoms with Crippen LogP contribution in [0.5, 0.6) is 0 Å². The molecule has 1 aromatic rings. The molecule has 3 N–H and O–H groups in total. The summed E-state index contributed by atoms with van der Waals surface area (Å²) >= 11 is 0. The minimum Gasteiger partial charge on any atom is -0.370 e. The third-order valence-corrected chi connectivity index (χ3v) is 5.92. The molecule has 2 aliphatic heterocycles. The van der Waals surface area contributed by atoms with Crippen molar-refractivity contribution >= 4 is 35.8 Å². The quantitative estimate of drug-likeness (QED) is 0.349. The Labute approximate surface area is 192 Å². The van der Waals surface area contributed by atoms with Gasteiger partial charge in [-0.05, 0) is 55.8 Å². The van der Waals surface area contributed by atoms with E-state index in [2.05, 4.69) is 44.4 Å². The molecule has 162 valence electrons. The monoisotopic (exact) mass is 513 g/mol. The zero-order valence-corrected chi connectivity index (χ0v) is 19.9. The van der Waals surface area contributed by atoms with Crippen molar-refractivity contribution in [3.8, 4) is 0 Å². The molecular formula is C22H36IN5O. The number of primary amides is 1. The summed E-state index contributed by atoms with van der Waals surface area (Å²) in [5.41, 5.74) is 8.13. The second-order valence-corrected chi connectivity index (χ2v) is 8.13. The number of hydrogen-bond donors (Lipinski definition) is 2. The molecule has 0 saturated carbocycles. The first-order chi connectivity index (χ1) is 13.7. The van der Waals surface area contributed by atoms with Gasteiger partial charge in [0, 0.05) is 39.6 Å². The van der Waals surface area contributed by atoms with E-state index in [1.54, 1.807) is 0 Å². The van der Waals surface area contributed by atoms with E-state index in [1.165, 1.54) is 43.5 Å². The van der Waals surface area contributed by atoms with Gasteiger partial charge in [-0.1, -0.05) is 30.7 Å². The summed E-state index contributed by atoms with van der Waals surface area (Å²) in [5.74, 6) is 1.04. The number of nitrogens with two attached hydrogens (primary N) is 1. The molecule has 0 radical (unpaired) electrons. The van der Waals surface area contributed by atoms with Crippen LogP contribution in [-0.2, 0) is 17.9 Å². The largest absolute Gasteiger partial charge is 0.370 e. The normalized spacial score (nSPS) is 20.8. The number of likely N-dealkylation sites (tertiary alicyclic amines) is 2. The third-order valence-electron chi connectivity index (χ3n) is 5.92. The predicted molar refractivity (Wildman–Crippen MR) is 129 cm³/mol. The van der Waals surface area contributed by atoms with Crippen LogP contribution >= 0.6 is 24.0 Å². The molecule has 2 aliphatic rings. The average molecular weight is 513 g/mol. The van der Waals surface area contributed by atoms with E-state index in [0.717, 1.165) is 45.0 Å². The molecule has 1 atom stereocenters. The number of guanidine groups is 1. The Morgan fingerprint density at radius 2 is 1.86 bits per heavy atom. The minimum atomic E-state index is -0.207. The van der Waals surface area contributed by atoms with Gasteiger partial charge in [-0.3, -0.25) is 14.7 Å². The summed E-state index contributed by atoms with van der Waals surface area (Å²) in [7, 11) is 1.83. The summed E-state index contributed by atoms with van der Waals surface area (Å²) in [6.07, 6.45) is 6.59. The van der Waals surface area contributed by atoms with Crippen LogP contribution in [0.1, 0.15) is 49.7 Å². The summed E-state index contributed by atoms with van der Waals surface area (Å²) in [6, 6.07) is 8.71. The van der Waals surface area contributed by atoms with Crippen LogP contribution in [0, 0.1) is 5.92 Å². The molecule has 0 aromatic heterocycles. The molecule has 3 rings (SSSR count). The number of halogens is 1. The highest BCUT2D eigenvalue weighted by molar-refractivity contribution is 14.0. The first-order valence-electron chi connectivity index (χ1n) is 10.7. The molecule has 0 bridgehead atoms. The van der Waals surface area contributed by atoms with Gasteiger partial charge in [0.05, 0.1) is 0 Å². The Balaban J connectivity index is 0.00000300. The molecule has 1 aromatic carbocycles. The van der Waals surface area contributed by atoms with Crippen LogP contribution in [-0.4, -0.2) is 54.9 Å². The van der Waals surface area contributed by atoms with Gasteiger partial charge in [0.25, 0.3) is 0 Å². The molecular weight excluding hydrogens is 477 g/mol. The van der Waals surface area contributed by atoms with Gasteiger partial charge >= 0.3 is 0 Å². The lowest BCUT2D eigenvalue weighted by Gasteiger charge is -2.34. The lowest BCUT2D eigenvalue weighted by molar-refractivity contribution is -0.119. The standard InChI is InChI=1S/C22H35N5O.HI/c1-24-22(27-13-7-8-18(16-27)14-21(23)28)25-15-19-9-3-4-10-20(19)17-26-11-5-2-6-12-26;/h3-4,9-10,18H,2,5-8,11-17H2,1H3,(H2,23,28)(H,24,25);1H. The van der Waals surface area contributed by atoms with E-state index >= 15 is 0 Å². The van der Waals surface area contributed by atoms with Crippen LogP contribution in [0.2, 0.25) is 0 Å². The van der Waals surface area contributed by atoms with Crippen molar-refractivity contribution in [3.05, 3.63) is 35.4 Å². The molecule has 6 nitrogen and oxygen atoms in total. The Morgan fingerprint density at radius 3 is 2.55 bits per heavy atom. The third kappa shape index (κ3) is 7.44. The highest BCUT2D eigenvalue weighted by Gasteiger charge is 2.23. The van der Waals surface area contributed by atoms with Gasteiger partial charge in [0.1, 0.15) is 0 Å². The molecule has 1 amide bonds. The van der Waals surface area contributed by atoms with Crippen molar-refractivity contribution in [3.63, 3.8) is 0 Å². The van der Waals surface area contributed by atoms with E-state index in [0.29, 0.717) is 12.3 Å². The summed E-state index contributed by atoms with van der Waals surface area (Å²) in [5, 5.41) is 3.55. The van der Waals surface area contributed by atoms with Gasteiger partial charge in [-0.15, -0.1) is 24.0 Å². The fourth-order valence-corrected chi connectivity index (χ4v) is 4.46. The van der Waals surface area contributed by atoms with E-state index < -0.39 is 0 Å². The molecule has 2 heterocycles. The molecule has 2 fully saturated rings. The van der Waals surface area contributed by atoms with Crippen LogP contribution < -0.4 is 11.1 Å². The number of carbonyl (C=O) groups excluding carboxylic acids is 1. The Morgan fingerprint density at radius 1 is 1.14 bits per heavy atom. The van der Waals surface area contributed by atoms with Crippen molar-refractivity contribution in [2.75, 3.05) is 33.2 Å². The van der Waals surface area contributed by atoms with E-state index in [-0.39, 0.29) is 29.9 Å². The Kier molecular flexibility index (Phi) is 10.2. The van der Waals surface area contributed by atoms with Gasteiger partial charge in [-0.25, -0.2) is 0 Å². The van der Waals surface area contributed by atoms with Crippen molar-refractivity contribution in [1.82, 2.24) is 15.1 Å². The average Bonchev–Trinajstić information content (AvgIpc) is 2.70. The van der Waals surface area contributed by atoms with Gasteiger partial charge < -0.3 is 16.0 Å². The Hall–Kier alpha value is -1.35. The first kappa shape index (κ1) is 23.9. The zero-order valence-electron chi connectivity index (χ0n) is 17.6. The van der Waals surface area contributed by atoms with Crippen LogP contribution in [0.15, 0.2) is 29.3 Å². The van der Waals surface area contributed by atoms with Gasteiger partial charge in [0.2, 0.25) is 5.91 Å². The Bertz CT molecular complexity index is 675. The second-order valence-electron chi connectivity index (χ2n) is 8.13. The SMILES string of the molecule is CN=C(NCc1ccccc1CN1CCCCC1)N1CCCC(CC(N)=O)C1.I. The molecule has 0 spiro atoms. The topological polar surface area (TPSA) is 74.0 Å². The number of carbonyl (C=O) groups is 1. The highest BCUT2D eigenvalue weighted by Crippen LogP contribution is 2.20. The van der Waals surface area contributed by atoms with Crippen LogP contribution in [0.25, 0.3) is 0 Å². The van der Waals surface area contributed by atoms with Crippen molar-refractivity contribution < 1.29 is 4.79 Å². The number of piperidine rings is 2. The van der Waals surface area contributed by atoms with Gasteiger partial charge in [-0.2, -0.15) is 0 Å². The van der Waals surface area contributed by atoms with Crippen molar-refractivity contribution in [1.29, 1.82) is 0 Å². The fraction of sp³-hybridized carbons (Fsp3) is 0.636. The number of nitrogens with zero attached hydrogens (tertiary/aromatic N) is 3. The first-order valence-corrected chi connectivity index (χ1v) is 10.7. The number of aliphatic imine (C=N–C) groups is 1. The maximum atomic E-state index is 11.3. The molecule has 29 heavy (non-hydrogen) atoms. The molecule has 2 saturated heterocycles. The highest BCUT2D eigenvalue weighted by atomic mass is 127. The molecule has 7 heteroatoms. The zero-order chi connectivity index (χ0) is 19.8. The number of amides is 1. The van der Waals surface area contributed by atoms with Gasteiger partial charge in [0.15, 0.2) is 5.96 Å². The lowest BCUT2D eigenvalue weighted by atomic mass is 9.95. The van der Waals surface area contributed by atoms with E-state index in [4.69, 9.17) is 5.73 Å². The maximum Gasteiger partial charge on any atom is 0.217 e. The summed E-state index contributed by atoms with van der Waals surface area (Å²) < 4.78 is 0. The van der Waals surface area contributed by atoms with E-state index in [9.17, 15) is 4.79 Å². The second kappa shape index (κ2) is 12.4. The molecule has 0 aliphatic carbocycles. The smallest absolute Gasteiger partial charge is 0.217 e. The van der Waals surface area contributed by atoms with E-state index in [1.807, 2.05) is 7.05 Å². The lowest BCUT2D eigenvalue weighted by Crippen LogP contribution is -2.47.